The Bertz CT molecular complexity index is 356. The van der Waals surface area contributed by atoms with Crippen LogP contribution in [0.25, 0.3) is 0 Å². The zero-order chi connectivity index (χ0) is 10.1. The van der Waals surface area contributed by atoms with Crippen molar-refractivity contribution in [2.75, 3.05) is 18.6 Å². The first-order valence-corrected chi connectivity index (χ1v) is 4.71. The smallest absolute Gasteiger partial charge is 0.0809 e. The fourth-order valence-electron chi connectivity index (χ4n) is 1.64. The summed E-state index contributed by atoms with van der Waals surface area (Å²) >= 11 is 0. The van der Waals surface area contributed by atoms with Crippen molar-refractivity contribution in [2.45, 2.75) is 6.92 Å². The van der Waals surface area contributed by atoms with E-state index in [4.69, 9.17) is 5.73 Å². The molecule has 0 aliphatic carbocycles. The lowest BCUT2D eigenvalue weighted by Crippen LogP contribution is -2.33. The topological polar surface area (TPSA) is 32.5 Å². The Hall–Kier alpha value is -1.64. The van der Waals surface area contributed by atoms with Crippen molar-refractivity contribution < 1.29 is 0 Å². The Morgan fingerprint density at radius 2 is 1.86 bits per heavy atom. The summed E-state index contributed by atoms with van der Waals surface area (Å²) in [6.07, 6.45) is 0. The molecule has 14 heavy (non-hydrogen) atoms. The third-order valence-corrected chi connectivity index (χ3v) is 2.69. The van der Waals surface area contributed by atoms with Gasteiger partial charge in [-0.2, -0.15) is 0 Å². The number of para-hydroxylation sites is 1. The molecule has 0 aromatic heterocycles. The maximum absolute atomic E-state index is 5.89. The van der Waals surface area contributed by atoms with E-state index in [0.29, 0.717) is 0 Å². The highest BCUT2D eigenvalue weighted by Crippen LogP contribution is 2.24. The zero-order valence-corrected chi connectivity index (χ0v) is 8.57. The molecule has 0 saturated carbocycles. The molecule has 0 saturated heterocycles. The van der Waals surface area contributed by atoms with E-state index in [1.165, 1.54) is 5.69 Å². The van der Waals surface area contributed by atoms with E-state index >= 15 is 0 Å². The average molecular weight is 189 g/mol. The predicted molar refractivity (Wildman–Crippen MR) is 58.4 cm³/mol. The van der Waals surface area contributed by atoms with Gasteiger partial charge in [0.05, 0.1) is 23.6 Å². The van der Waals surface area contributed by atoms with E-state index in [1.807, 2.05) is 32.2 Å². The highest BCUT2D eigenvalue weighted by molar-refractivity contribution is 5.49. The Balaban J connectivity index is 2.25. The van der Waals surface area contributed by atoms with Gasteiger partial charge in [-0.25, -0.2) is 0 Å². The molecule has 0 bridgehead atoms. The lowest BCUT2D eigenvalue weighted by molar-refractivity contribution is 0.422. The molecule has 0 amide bonds. The van der Waals surface area contributed by atoms with Gasteiger partial charge >= 0.3 is 0 Å². The number of hydrogen-bond acceptors (Lipinski definition) is 3. The van der Waals surface area contributed by atoms with Crippen LogP contribution in [0.1, 0.15) is 6.92 Å². The van der Waals surface area contributed by atoms with Crippen LogP contribution >= 0.6 is 0 Å². The summed E-state index contributed by atoms with van der Waals surface area (Å²) < 4.78 is 0. The van der Waals surface area contributed by atoms with Crippen LogP contribution in [-0.2, 0) is 0 Å². The summed E-state index contributed by atoms with van der Waals surface area (Å²) in [7, 11) is 2.03. The van der Waals surface area contributed by atoms with Crippen molar-refractivity contribution in [3.8, 4) is 0 Å². The molecular formula is C11H15N3. The van der Waals surface area contributed by atoms with Crippen molar-refractivity contribution in [3.63, 3.8) is 0 Å². The predicted octanol–water partition coefficient (Wildman–Crippen LogP) is 1.54. The van der Waals surface area contributed by atoms with Crippen LogP contribution in [0.15, 0.2) is 41.7 Å². The first-order valence-electron chi connectivity index (χ1n) is 4.71. The molecule has 3 heteroatoms. The van der Waals surface area contributed by atoms with E-state index < -0.39 is 0 Å². The summed E-state index contributed by atoms with van der Waals surface area (Å²) in [5.74, 6) is 0. The van der Waals surface area contributed by atoms with Gasteiger partial charge in [0.2, 0.25) is 0 Å². The SMILES string of the molecule is CC1=C(N)CN(c2ccccc2)N1C. The summed E-state index contributed by atoms with van der Waals surface area (Å²) in [5, 5.41) is 4.25. The molecule has 1 aliphatic rings. The van der Waals surface area contributed by atoms with Crippen molar-refractivity contribution in [3.05, 3.63) is 41.7 Å². The zero-order valence-electron chi connectivity index (χ0n) is 8.57. The largest absolute Gasteiger partial charge is 0.399 e. The van der Waals surface area contributed by atoms with Gasteiger partial charge in [-0.1, -0.05) is 18.2 Å². The summed E-state index contributed by atoms with van der Waals surface area (Å²) in [6, 6.07) is 10.3. The molecule has 0 radical (unpaired) electrons. The number of benzene rings is 1. The van der Waals surface area contributed by atoms with Crippen LogP contribution < -0.4 is 10.7 Å². The summed E-state index contributed by atoms with van der Waals surface area (Å²) in [6.45, 7) is 2.82. The molecular weight excluding hydrogens is 174 g/mol. The monoisotopic (exact) mass is 189 g/mol. The molecule has 0 atom stereocenters. The Morgan fingerprint density at radius 1 is 1.21 bits per heavy atom. The molecule has 74 valence electrons. The molecule has 1 aromatic rings. The first kappa shape index (κ1) is 8.94. The molecule has 0 unspecified atom stereocenters. The molecule has 1 aliphatic heterocycles. The quantitative estimate of drug-likeness (QED) is 0.727. The number of hydrogen-bond donors (Lipinski definition) is 1. The Labute approximate surface area is 84.4 Å². The van der Waals surface area contributed by atoms with E-state index in [-0.39, 0.29) is 0 Å². The molecule has 0 spiro atoms. The lowest BCUT2D eigenvalue weighted by atomic mass is 10.3. The van der Waals surface area contributed by atoms with Gasteiger partial charge in [0.1, 0.15) is 0 Å². The van der Waals surface area contributed by atoms with Crippen LogP contribution in [0, 0.1) is 0 Å². The minimum Gasteiger partial charge on any atom is -0.399 e. The highest BCUT2D eigenvalue weighted by Gasteiger charge is 2.22. The van der Waals surface area contributed by atoms with Gasteiger partial charge in [-0.15, -0.1) is 0 Å². The fraction of sp³-hybridized carbons (Fsp3) is 0.273. The molecule has 1 heterocycles. The fourth-order valence-corrected chi connectivity index (χ4v) is 1.64. The third kappa shape index (κ3) is 1.31. The molecule has 0 fully saturated rings. The van der Waals surface area contributed by atoms with Crippen LogP contribution in [0.5, 0.6) is 0 Å². The molecule has 3 nitrogen and oxygen atoms in total. The minimum atomic E-state index is 0.784. The van der Waals surface area contributed by atoms with E-state index in [1.54, 1.807) is 0 Å². The van der Waals surface area contributed by atoms with Gasteiger partial charge < -0.3 is 5.73 Å². The summed E-state index contributed by atoms with van der Waals surface area (Å²) in [4.78, 5) is 0. The molecule has 2 rings (SSSR count). The van der Waals surface area contributed by atoms with Gasteiger partial charge in [-0.05, 0) is 19.1 Å². The Kier molecular flexibility index (Phi) is 2.08. The second-order valence-corrected chi connectivity index (χ2v) is 3.53. The van der Waals surface area contributed by atoms with Gasteiger partial charge in [0, 0.05) is 7.05 Å². The third-order valence-electron chi connectivity index (χ3n) is 2.69. The van der Waals surface area contributed by atoms with E-state index in [2.05, 4.69) is 22.2 Å². The number of nitrogens with two attached hydrogens (primary N) is 1. The number of hydrazine groups is 1. The average Bonchev–Trinajstić information content (AvgIpc) is 2.47. The highest BCUT2D eigenvalue weighted by atomic mass is 15.6. The van der Waals surface area contributed by atoms with Gasteiger partial charge in [-0.3, -0.25) is 10.0 Å². The minimum absolute atomic E-state index is 0.784. The number of allylic oxidation sites excluding steroid dienone is 1. The number of anilines is 1. The molecule has 1 aromatic carbocycles. The Morgan fingerprint density at radius 3 is 2.36 bits per heavy atom. The van der Waals surface area contributed by atoms with Crippen LogP contribution in [0.3, 0.4) is 0 Å². The first-order chi connectivity index (χ1) is 6.70. The van der Waals surface area contributed by atoms with Crippen LogP contribution in [-0.4, -0.2) is 18.6 Å². The van der Waals surface area contributed by atoms with Gasteiger partial charge in [0.15, 0.2) is 0 Å². The van der Waals surface area contributed by atoms with Crippen LogP contribution in [0.4, 0.5) is 5.69 Å². The van der Waals surface area contributed by atoms with Crippen molar-refractivity contribution >= 4 is 5.69 Å². The maximum Gasteiger partial charge on any atom is 0.0809 e. The maximum atomic E-state index is 5.89. The van der Waals surface area contributed by atoms with Crippen LogP contribution in [0.2, 0.25) is 0 Å². The lowest BCUT2D eigenvalue weighted by Gasteiger charge is -2.29. The number of nitrogens with zero attached hydrogens (tertiary/aromatic N) is 2. The standard InChI is InChI=1S/C11H15N3/c1-9-11(12)8-14(13(9)2)10-6-4-3-5-7-10/h3-7H,8,12H2,1-2H3. The van der Waals surface area contributed by atoms with Crippen molar-refractivity contribution in [1.29, 1.82) is 0 Å². The summed E-state index contributed by atoms with van der Waals surface area (Å²) in [5.41, 5.74) is 9.14. The second kappa shape index (κ2) is 3.25. The van der Waals surface area contributed by atoms with Crippen molar-refractivity contribution in [2.24, 2.45) is 5.73 Å². The van der Waals surface area contributed by atoms with Gasteiger partial charge in [0.25, 0.3) is 0 Å². The van der Waals surface area contributed by atoms with Crippen molar-refractivity contribution in [1.82, 2.24) is 5.01 Å². The number of rotatable bonds is 1. The normalized spacial score (nSPS) is 16.7. The molecule has 2 N–H and O–H groups in total. The van der Waals surface area contributed by atoms with E-state index in [0.717, 1.165) is 17.9 Å². The van der Waals surface area contributed by atoms with E-state index in [9.17, 15) is 0 Å². The second-order valence-electron chi connectivity index (χ2n) is 3.53.